The summed E-state index contributed by atoms with van der Waals surface area (Å²) >= 11 is 6.43. The summed E-state index contributed by atoms with van der Waals surface area (Å²) in [4.78, 5) is 12.9. The van der Waals surface area contributed by atoms with Crippen LogP contribution in [0.5, 0.6) is 5.75 Å². The number of hydrogen-bond donors (Lipinski definition) is 2. The highest BCUT2D eigenvalue weighted by Crippen LogP contribution is 2.38. The van der Waals surface area contributed by atoms with E-state index in [1.807, 2.05) is 0 Å². The quantitative estimate of drug-likeness (QED) is 0.383. The number of carbonyl (C=O) groups is 1. The highest BCUT2D eigenvalue weighted by Gasteiger charge is 2.37. The number of halogens is 6. The van der Waals surface area contributed by atoms with Crippen molar-refractivity contribution in [3.05, 3.63) is 34.5 Å². The number of aliphatic hydroxyl groups is 1. The van der Waals surface area contributed by atoms with Gasteiger partial charge >= 0.3 is 12.8 Å². The Hall–Kier alpha value is -2.45. The van der Waals surface area contributed by atoms with Crippen LogP contribution in [-0.2, 0) is 23.3 Å². The van der Waals surface area contributed by atoms with E-state index in [4.69, 9.17) is 11.6 Å². The maximum Gasteiger partial charge on any atom is 0.389 e. The number of amides is 1. The molecule has 3 rings (SSSR count). The van der Waals surface area contributed by atoms with Crippen molar-refractivity contribution < 1.29 is 45.0 Å². The largest absolute Gasteiger partial charge is 0.434 e. The molecule has 0 unspecified atom stereocenters. The van der Waals surface area contributed by atoms with Crippen molar-refractivity contribution >= 4 is 27.3 Å². The summed E-state index contributed by atoms with van der Waals surface area (Å²) in [5.41, 5.74) is -1.12. The van der Waals surface area contributed by atoms with Crippen molar-refractivity contribution in [1.82, 2.24) is 15.1 Å². The van der Waals surface area contributed by atoms with E-state index >= 15 is 0 Å². The Bertz CT molecular complexity index is 1290. The van der Waals surface area contributed by atoms with Crippen molar-refractivity contribution in [2.45, 2.75) is 68.6 Å². The summed E-state index contributed by atoms with van der Waals surface area (Å²) in [5, 5.41) is 16.7. The molecule has 1 fully saturated rings. The van der Waals surface area contributed by atoms with Crippen LogP contribution in [0.15, 0.2) is 18.2 Å². The predicted octanol–water partition coefficient (Wildman–Crippen LogP) is 4.68. The van der Waals surface area contributed by atoms with E-state index in [1.165, 1.54) is 29.9 Å². The molecule has 0 saturated heterocycles. The molecule has 8 nitrogen and oxygen atoms in total. The third-order valence-corrected chi connectivity index (χ3v) is 8.73. The lowest BCUT2D eigenvalue weighted by Crippen LogP contribution is -2.47. The number of alkyl halides is 5. The van der Waals surface area contributed by atoms with Crippen LogP contribution in [0.25, 0.3) is 11.3 Å². The molecule has 1 aromatic heterocycles. The molecule has 2 N–H and O–H groups in total. The number of nitrogens with zero attached hydrogens (tertiary/aromatic N) is 2. The fourth-order valence-corrected chi connectivity index (χ4v) is 6.04. The molecule has 1 aliphatic carbocycles. The maximum atomic E-state index is 13.1. The number of hydrogen-bond acceptors (Lipinski definition) is 6. The number of nitrogens with one attached hydrogen (secondary N) is 1. The number of benzene rings is 1. The fourth-order valence-electron chi connectivity index (χ4n) is 4.60. The molecule has 1 heterocycles. The van der Waals surface area contributed by atoms with Gasteiger partial charge in [-0.05, 0) is 56.2 Å². The van der Waals surface area contributed by atoms with Gasteiger partial charge in [-0.2, -0.15) is 27.1 Å². The minimum Gasteiger partial charge on any atom is -0.434 e. The third-order valence-electron chi connectivity index (χ3n) is 6.69. The lowest BCUT2D eigenvalue weighted by atomic mass is 9.84. The summed E-state index contributed by atoms with van der Waals surface area (Å²) in [6.07, 6.45) is -3.67. The van der Waals surface area contributed by atoms with Gasteiger partial charge in [0.05, 0.1) is 21.6 Å². The van der Waals surface area contributed by atoms with Gasteiger partial charge in [0.25, 0.3) is 5.91 Å². The predicted molar refractivity (Wildman–Crippen MR) is 134 cm³/mol. The van der Waals surface area contributed by atoms with Gasteiger partial charge in [-0.3, -0.25) is 9.48 Å². The van der Waals surface area contributed by atoms with Gasteiger partial charge in [-0.1, -0.05) is 17.7 Å². The Balaban J connectivity index is 1.78. The van der Waals surface area contributed by atoms with Crippen molar-refractivity contribution in [1.29, 1.82) is 0 Å². The van der Waals surface area contributed by atoms with Crippen molar-refractivity contribution in [3.8, 4) is 17.0 Å². The second kappa shape index (κ2) is 12.0. The molecular formula is C24H29ClF5N3O5S. The zero-order valence-corrected chi connectivity index (χ0v) is 22.8. The molecule has 0 aliphatic heterocycles. The van der Waals surface area contributed by atoms with E-state index in [9.17, 15) is 40.3 Å². The topological polar surface area (TPSA) is 111 Å². The lowest BCUT2D eigenvalue weighted by molar-refractivity contribution is -0.135. The minimum atomic E-state index is -4.34. The van der Waals surface area contributed by atoms with Crippen LogP contribution in [0.1, 0.15) is 54.6 Å². The Kier molecular flexibility index (Phi) is 9.54. The van der Waals surface area contributed by atoms with Crippen molar-refractivity contribution in [2.24, 2.45) is 7.05 Å². The van der Waals surface area contributed by atoms with E-state index in [0.29, 0.717) is 5.56 Å². The molecule has 0 radical (unpaired) electrons. The van der Waals surface area contributed by atoms with E-state index < -0.39 is 45.8 Å². The van der Waals surface area contributed by atoms with Crippen molar-refractivity contribution in [2.75, 3.05) is 12.8 Å². The standard InChI is InChI=1S/C24H29ClF5N3O5S/c1-33-20(16-6-5-14(4-3-9-24(28,29)30)12-17(16)38-22(26)27)18(25)19(32-33)21(34)31-13-23(35)10-7-15(8-11-23)39(2,36)37/h5-6,12,15,22,35H,3-4,7-11,13H2,1-2H3,(H,31,34)/t15-,23+. The summed E-state index contributed by atoms with van der Waals surface area (Å²) in [6.45, 7) is -3.42. The Morgan fingerprint density at radius 2 is 1.95 bits per heavy atom. The summed E-state index contributed by atoms with van der Waals surface area (Å²) in [6, 6.07) is 4.01. The number of sulfone groups is 1. The van der Waals surface area contributed by atoms with E-state index in [1.54, 1.807) is 0 Å². The average Bonchev–Trinajstić information content (AvgIpc) is 3.10. The molecule has 15 heteroatoms. The molecule has 1 aromatic carbocycles. The van der Waals surface area contributed by atoms with Crippen LogP contribution in [0.4, 0.5) is 22.0 Å². The second-order valence-corrected chi connectivity index (χ2v) is 12.5. The smallest absolute Gasteiger partial charge is 0.389 e. The van der Waals surface area contributed by atoms with Crippen molar-refractivity contribution in [3.63, 3.8) is 0 Å². The van der Waals surface area contributed by atoms with Crippen LogP contribution in [-0.4, -0.2) is 65.7 Å². The van der Waals surface area contributed by atoms with Gasteiger partial charge in [0.15, 0.2) is 5.69 Å². The summed E-state index contributed by atoms with van der Waals surface area (Å²) in [7, 11) is -1.82. The molecule has 1 saturated carbocycles. The summed E-state index contributed by atoms with van der Waals surface area (Å²) in [5.74, 6) is -1.09. The van der Waals surface area contributed by atoms with Crippen LogP contribution in [0, 0.1) is 0 Å². The monoisotopic (exact) mass is 601 g/mol. The molecule has 0 atom stereocenters. The van der Waals surface area contributed by atoms with Crippen LogP contribution >= 0.6 is 11.6 Å². The fraction of sp³-hybridized carbons (Fsp3) is 0.583. The van der Waals surface area contributed by atoms with E-state index in [2.05, 4.69) is 15.2 Å². The molecule has 0 spiro atoms. The van der Waals surface area contributed by atoms with Gasteiger partial charge in [-0.25, -0.2) is 8.42 Å². The van der Waals surface area contributed by atoms with Crippen LogP contribution in [0.2, 0.25) is 5.02 Å². The summed E-state index contributed by atoms with van der Waals surface area (Å²) < 4.78 is 93.0. The molecule has 0 bridgehead atoms. The van der Waals surface area contributed by atoms with Gasteiger partial charge in [-0.15, -0.1) is 0 Å². The molecule has 1 aliphatic rings. The number of carbonyl (C=O) groups excluding carboxylic acids is 1. The second-order valence-electron chi connectivity index (χ2n) is 9.75. The number of ether oxygens (including phenoxy) is 1. The first-order valence-electron chi connectivity index (χ1n) is 12.1. The van der Waals surface area contributed by atoms with Crippen LogP contribution < -0.4 is 10.1 Å². The SMILES string of the molecule is Cn1nc(C(=O)NC[C@]2(O)CC[C@@H](S(C)(=O)=O)CC2)c(Cl)c1-c1ccc(CCCC(F)(F)F)cc1OC(F)F. The zero-order chi connectivity index (χ0) is 29.2. The Labute approximate surface area is 227 Å². The van der Waals surface area contributed by atoms with Gasteiger partial charge < -0.3 is 15.2 Å². The lowest BCUT2D eigenvalue weighted by Gasteiger charge is -2.35. The maximum absolute atomic E-state index is 13.1. The van der Waals surface area contributed by atoms with Gasteiger partial charge in [0.1, 0.15) is 15.6 Å². The zero-order valence-electron chi connectivity index (χ0n) is 21.2. The van der Waals surface area contributed by atoms with E-state index in [-0.39, 0.29) is 72.8 Å². The van der Waals surface area contributed by atoms with Gasteiger partial charge in [0, 0.05) is 31.8 Å². The normalized spacial score (nSPS) is 20.3. The molecule has 2 aromatic rings. The Morgan fingerprint density at radius 3 is 2.51 bits per heavy atom. The third kappa shape index (κ3) is 8.27. The molecule has 218 valence electrons. The van der Waals surface area contributed by atoms with Crippen LogP contribution in [0.3, 0.4) is 0 Å². The molecule has 39 heavy (non-hydrogen) atoms. The number of aromatic nitrogens is 2. The average molecular weight is 602 g/mol. The number of aryl methyl sites for hydroxylation is 2. The highest BCUT2D eigenvalue weighted by molar-refractivity contribution is 7.91. The minimum absolute atomic E-state index is 0.0278. The number of rotatable bonds is 10. The highest BCUT2D eigenvalue weighted by atomic mass is 35.5. The molecular weight excluding hydrogens is 573 g/mol. The first-order chi connectivity index (χ1) is 18.0. The first-order valence-corrected chi connectivity index (χ1v) is 14.4. The Morgan fingerprint density at radius 1 is 1.31 bits per heavy atom. The first kappa shape index (κ1) is 31.1. The molecule has 1 amide bonds. The van der Waals surface area contributed by atoms with E-state index in [0.717, 1.165) is 6.26 Å². The van der Waals surface area contributed by atoms with Gasteiger partial charge in [0.2, 0.25) is 0 Å².